The van der Waals surface area contributed by atoms with Crippen LogP contribution in [-0.2, 0) is 0 Å². The van der Waals surface area contributed by atoms with E-state index in [-0.39, 0.29) is 5.82 Å². The van der Waals surface area contributed by atoms with E-state index in [4.69, 9.17) is 0 Å². The van der Waals surface area contributed by atoms with Crippen LogP contribution in [0.5, 0.6) is 0 Å². The highest BCUT2D eigenvalue weighted by Crippen LogP contribution is 2.24. The minimum absolute atomic E-state index is 0.166. The van der Waals surface area contributed by atoms with Gasteiger partial charge in [-0.15, -0.1) is 0 Å². The summed E-state index contributed by atoms with van der Waals surface area (Å²) < 4.78 is 13.0. The minimum atomic E-state index is -0.166. The maximum Gasteiger partial charge on any atom is 0.123 e. The van der Waals surface area contributed by atoms with Crippen molar-refractivity contribution >= 4 is 0 Å². The van der Waals surface area contributed by atoms with Crippen molar-refractivity contribution in [1.29, 1.82) is 0 Å². The summed E-state index contributed by atoms with van der Waals surface area (Å²) in [5.41, 5.74) is 1.17. The molecule has 0 bridgehead atoms. The van der Waals surface area contributed by atoms with Gasteiger partial charge in [-0.2, -0.15) is 0 Å². The molecule has 106 valence electrons. The first-order chi connectivity index (χ1) is 9.10. The summed E-state index contributed by atoms with van der Waals surface area (Å²) in [5, 5.41) is 3.34. The van der Waals surface area contributed by atoms with Crippen molar-refractivity contribution in [2.24, 2.45) is 5.92 Å². The van der Waals surface area contributed by atoms with E-state index in [0.717, 1.165) is 18.9 Å². The van der Waals surface area contributed by atoms with Gasteiger partial charge in [-0.25, -0.2) is 4.39 Å². The van der Waals surface area contributed by atoms with Gasteiger partial charge in [0.2, 0.25) is 0 Å². The summed E-state index contributed by atoms with van der Waals surface area (Å²) in [6.45, 7) is 6.96. The SMILES string of the molecule is CNC(CCN1CC(C)CC1C)c1ccc(F)cc1. The van der Waals surface area contributed by atoms with Crippen LogP contribution >= 0.6 is 0 Å². The zero-order chi connectivity index (χ0) is 13.8. The standard InChI is InChI=1S/C16H25FN2/c1-12-10-13(2)19(11-12)9-8-16(18-3)14-4-6-15(17)7-5-14/h4-7,12-13,16,18H,8-11H2,1-3H3. The maximum atomic E-state index is 13.0. The second-order valence-corrected chi connectivity index (χ2v) is 5.87. The van der Waals surface area contributed by atoms with Gasteiger partial charge in [0.15, 0.2) is 0 Å². The normalized spacial score (nSPS) is 25.7. The lowest BCUT2D eigenvalue weighted by Crippen LogP contribution is -2.31. The van der Waals surface area contributed by atoms with E-state index in [1.165, 1.54) is 18.5 Å². The number of nitrogens with zero attached hydrogens (tertiary/aromatic N) is 1. The number of benzene rings is 1. The molecule has 1 fully saturated rings. The van der Waals surface area contributed by atoms with Gasteiger partial charge >= 0.3 is 0 Å². The molecule has 1 aliphatic rings. The van der Waals surface area contributed by atoms with Crippen LogP contribution in [0, 0.1) is 11.7 Å². The fourth-order valence-corrected chi connectivity index (χ4v) is 3.17. The van der Waals surface area contributed by atoms with E-state index in [9.17, 15) is 4.39 Å². The summed E-state index contributed by atoms with van der Waals surface area (Å²) >= 11 is 0. The third-order valence-corrected chi connectivity index (χ3v) is 4.24. The molecule has 0 amide bonds. The van der Waals surface area contributed by atoms with Gasteiger partial charge in [0.1, 0.15) is 5.82 Å². The minimum Gasteiger partial charge on any atom is -0.313 e. The largest absolute Gasteiger partial charge is 0.313 e. The Morgan fingerprint density at radius 2 is 2.00 bits per heavy atom. The van der Waals surface area contributed by atoms with Gasteiger partial charge in [0.05, 0.1) is 0 Å². The topological polar surface area (TPSA) is 15.3 Å². The molecule has 1 aromatic carbocycles. The monoisotopic (exact) mass is 264 g/mol. The Bertz CT molecular complexity index is 390. The molecule has 0 aromatic heterocycles. The quantitative estimate of drug-likeness (QED) is 0.878. The lowest BCUT2D eigenvalue weighted by atomic mass is 10.0. The van der Waals surface area contributed by atoms with Crippen molar-refractivity contribution in [3.8, 4) is 0 Å². The van der Waals surface area contributed by atoms with Gasteiger partial charge in [0.25, 0.3) is 0 Å². The third-order valence-electron chi connectivity index (χ3n) is 4.24. The molecule has 1 aromatic rings. The zero-order valence-electron chi connectivity index (χ0n) is 12.2. The van der Waals surface area contributed by atoms with Crippen LogP contribution in [0.4, 0.5) is 4.39 Å². The molecule has 0 radical (unpaired) electrons. The average molecular weight is 264 g/mol. The molecule has 2 nitrogen and oxygen atoms in total. The van der Waals surface area contributed by atoms with E-state index in [0.29, 0.717) is 12.1 Å². The van der Waals surface area contributed by atoms with Crippen LogP contribution in [0.25, 0.3) is 0 Å². The Hall–Kier alpha value is -0.930. The van der Waals surface area contributed by atoms with Crippen LogP contribution in [0.3, 0.4) is 0 Å². The maximum absolute atomic E-state index is 13.0. The molecule has 19 heavy (non-hydrogen) atoms. The molecule has 0 spiro atoms. The van der Waals surface area contributed by atoms with Crippen molar-refractivity contribution in [3.05, 3.63) is 35.6 Å². The first-order valence-electron chi connectivity index (χ1n) is 7.27. The lowest BCUT2D eigenvalue weighted by molar-refractivity contribution is 0.250. The third kappa shape index (κ3) is 3.77. The van der Waals surface area contributed by atoms with Crippen LogP contribution < -0.4 is 5.32 Å². The number of hydrogen-bond acceptors (Lipinski definition) is 2. The molecule has 0 aliphatic carbocycles. The van der Waals surface area contributed by atoms with E-state index in [2.05, 4.69) is 24.1 Å². The average Bonchev–Trinajstić information content (AvgIpc) is 2.71. The highest BCUT2D eigenvalue weighted by atomic mass is 19.1. The summed E-state index contributed by atoms with van der Waals surface area (Å²) in [5.74, 6) is 0.648. The van der Waals surface area contributed by atoms with Crippen LogP contribution in [0.1, 0.15) is 38.3 Å². The van der Waals surface area contributed by atoms with Gasteiger partial charge < -0.3 is 10.2 Å². The lowest BCUT2D eigenvalue weighted by Gasteiger charge is -2.24. The van der Waals surface area contributed by atoms with E-state index < -0.39 is 0 Å². The Balaban J connectivity index is 1.91. The first kappa shape index (κ1) is 14.5. The van der Waals surface area contributed by atoms with Crippen molar-refractivity contribution < 1.29 is 4.39 Å². The molecule has 2 rings (SSSR count). The number of hydrogen-bond donors (Lipinski definition) is 1. The molecular weight excluding hydrogens is 239 g/mol. The molecule has 0 saturated carbocycles. The molecule has 3 heteroatoms. The molecule has 1 saturated heterocycles. The van der Waals surface area contributed by atoms with Gasteiger partial charge in [-0.3, -0.25) is 0 Å². The van der Waals surface area contributed by atoms with Crippen LogP contribution in [0.15, 0.2) is 24.3 Å². The first-order valence-corrected chi connectivity index (χ1v) is 7.27. The second kappa shape index (κ2) is 6.49. The summed E-state index contributed by atoms with van der Waals surface area (Å²) in [4.78, 5) is 2.57. The van der Waals surface area contributed by atoms with Gasteiger partial charge in [-0.1, -0.05) is 19.1 Å². The van der Waals surface area contributed by atoms with Gasteiger partial charge in [-0.05, 0) is 50.4 Å². The van der Waals surface area contributed by atoms with Gasteiger partial charge in [0, 0.05) is 25.2 Å². The van der Waals surface area contributed by atoms with Crippen LogP contribution in [0.2, 0.25) is 0 Å². The Morgan fingerprint density at radius 1 is 1.32 bits per heavy atom. The number of rotatable bonds is 5. The van der Waals surface area contributed by atoms with Crippen molar-refractivity contribution in [1.82, 2.24) is 10.2 Å². The highest BCUT2D eigenvalue weighted by Gasteiger charge is 2.26. The number of likely N-dealkylation sites (tertiary alicyclic amines) is 1. The fraction of sp³-hybridized carbons (Fsp3) is 0.625. The predicted molar refractivity (Wildman–Crippen MR) is 77.6 cm³/mol. The predicted octanol–water partition coefficient (Wildman–Crippen LogP) is 3.21. The smallest absolute Gasteiger partial charge is 0.123 e. The van der Waals surface area contributed by atoms with E-state index >= 15 is 0 Å². The zero-order valence-corrected chi connectivity index (χ0v) is 12.2. The summed E-state index contributed by atoms with van der Waals surface area (Å²) in [6, 6.07) is 7.85. The Morgan fingerprint density at radius 3 is 2.53 bits per heavy atom. The van der Waals surface area contributed by atoms with Crippen molar-refractivity contribution in [2.45, 2.75) is 38.8 Å². The van der Waals surface area contributed by atoms with Crippen LogP contribution in [-0.4, -0.2) is 31.1 Å². The summed E-state index contributed by atoms with van der Waals surface area (Å²) in [7, 11) is 1.98. The number of halogens is 1. The summed E-state index contributed by atoms with van der Waals surface area (Å²) in [6.07, 6.45) is 2.37. The molecule has 3 atom stereocenters. The van der Waals surface area contributed by atoms with Crippen molar-refractivity contribution in [3.63, 3.8) is 0 Å². The highest BCUT2D eigenvalue weighted by molar-refractivity contribution is 5.19. The van der Waals surface area contributed by atoms with E-state index in [1.54, 1.807) is 12.1 Å². The molecular formula is C16H25FN2. The number of nitrogens with one attached hydrogen (secondary N) is 1. The molecule has 1 N–H and O–H groups in total. The Labute approximate surface area is 116 Å². The molecule has 1 aliphatic heterocycles. The Kier molecular flexibility index (Phi) is 4.94. The fourth-order valence-electron chi connectivity index (χ4n) is 3.17. The molecule has 1 heterocycles. The van der Waals surface area contributed by atoms with Crippen molar-refractivity contribution in [2.75, 3.05) is 20.1 Å². The molecule has 3 unspecified atom stereocenters. The van der Waals surface area contributed by atoms with E-state index in [1.807, 2.05) is 19.2 Å². The second-order valence-electron chi connectivity index (χ2n) is 5.87.